The van der Waals surface area contributed by atoms with E-state index in [-0.39, 0.29) is 17.7 Å². The Morgan fingerprint density at radius 2 is 2.04 bits per heavy atom. The van der Waals surface area contributed by atoms with E-state index in [1.54, 1.807) is 31.1 Å². The average Bonchev–Trinajstić information content (AvgIpc) is 3.13. The summed E-state index contributed by atoms with van der Waals surface area (Å²) in [6, 6.07) is 2.22. The zero-order valence-corrected chi connectivity index (χ0v) is 16.4. The van der Waals surface area contributed by atoms with Gasteiger partial charge in [0.05, 0.1) is 12.5 Å². The molecular formula is C19H31N5O3. The number of methoxy groups -OCH3 is 1. The third-order valence-electron chi connectivity index (χ3n) is 5.74. The molecule has 1 aromatic heterocycles. The molecule has 27 heavy (non-hydrogen) atoms. The predicted molar refractivity (Wildman–Crippen MR) is 101 cm³/mol. The van der Waals surface area contributed by atoms with Gasteiger partial charge in [-0.05, 0) is 38.3 Å². The average molecular weight is 377 g/mol. The monoisotopic (exact) mass is 377 g/mol. The summed E-state index contributed by atoms with van der Waals surface area (Å²) in [5.41, 5.74) is 0.638. The highest BCUT2D eigenvalue weighted by atomic mass is 16.5. The molecule has 3 heterocycles. The minimum absolute atomic E-state index is 0.0579. The molecule has 0 aromatic carbocycles. The minimum atomic E-state index is 0.0579. The topological polar surface area (TPSA) is 79.7 Å². The number of aromatic nitrogens is 2. The molecule has 1 N–H and O–H groups in total. The van der Waals surface area contributed by atoms with E-state index in [4.69, 9.17) is 4.74 Å². The molecule has 3 rings (SSSR count). The minimum Gasteiger partial charge on any atom is -0.383 e. The largest absolute Gasteiger partial charge is 0.383 e. The van der Waals surface area contributed by atoms with Gasteiger partial charge in [-0.15, -0.1) is 0 Å². The Morgan fingerprint density at radius 3 is 2.70 bits per heavy atom. The standard InChI is InChI=1S/C19H31N5O3/c1-22-17(5-8-21-22)19(26)23-11-6-16(7-12-23)24-10-3-4-15(14-24)18(25)20-9-13-27-2/h5,8,15-16H,3-4,6-7,9-14H2,1-2H3,(H,20,25)/t15-/m1/s1. The molecule has 8 heteroatoms. The van der Waals surface area contributed by atoms with E-state index in [9.17, 15) is 9.59 Å². The van der Waals surface area contributed by atoms with Crippen molar-refractivity contribution in [3.63, 3.8) is 0 Å². The van der Waals surface area contributed by atoms with Gasteiger partial charge in [0.25, 0.3) is 5.91 Å². The van der Waals surface area contributed by atoms with Crippen molar-refractivity contribution in [1.82, 2.24) is 24.9 Å². The molecule has 0 unspecified atom stereocenters. The summed E-state index contributed by atoms with van der Waals surface area (Å²) in [5, 5.41) is 7.06. The number of rotatable bonds is 6. The lowest BCUT2D eigenvalue weighted by molar-refractivity contribution is -0.127. The number of amides is 2. The van der Waals surface area contributed by atoms with Crippen molar-refractivity contribution in [3.05, 3.63) is 18.0 Å². The van der Waals surface area contributed by atoms with Crippen LogP contribution in [0, 0.1) is 5.92 Å². The first-order chi connectivity index (χ1) is 13.1. The van der Waals surface area contributed by atoms with E-state index in [1.807, 2.05) is 4.90 Å². The smallest absolute Gasteiger partial charge is 0.272 e. The van der Waals surface area contributed by atoms with E-state index in [0.29, 0.717) is 24.9 Å². The summed E-state index contributed by atoms with van der Waals surface area (Å²) in [5.74, 6) is 0.257. The number of nitrogens with zero attached hydrogens (tertiary/aromatic N) is 4. The SMILES string of the molecule is COCCNC(=O)[C@@H]1CCCN(C2CCN(C(=O)c3ccnn3C)CC2)C1. The first-order valence-electron chi connectivity index (χ1n) is 9.88. The van der Waals surface area contributed by atoms with Crippen molar-refractivity contribution in [2.24, 2.45) is 13.0 Å². The number of hydrogen-bond donors (Lipinski definition) is 1. The Kier molecular flexibility index (Phi) is 6.84. The van der Waals surface area contributed by atoms with Crippen LogP contribution >= 0.6 is 0 Å². The second kappa shape index (κ2) is 9.32. The van der Waals surface area contributed by atoms with Crippen molar-refractivity contribution < 1.29 is 14.3 Å². The fraction of sp³-hybridized carbons (Fsp3) is 0.737. The molecule has 2 amide bonds. The number of carbonyl (C=O) groups excluding carboxylic acids is 2. The Labute approximate surface area is 160 Å². The van der Waals surface area contributed by atoms with Gasteiger partial charge >= 0.3 is 0 Å². The molecule has 2 aliphatic rings. The van der Waals surface area contributed by atoms with Crippen LogP contribution in [0.25, 0.3) is 0 Å². The van der Waals surface area contributed by atoms with Crippen LogP contribution in [0.4, 0.5) is 0 Å². The molecule has 0 aliphatic carbocycles. The zero-order chi connectivity index (χ0) is 19.2. The number of nitrogens with one attached hydrogen (secondary N) is 1. The molecule has 0 radical (unpaired) electrons. The number of hydrogen-bond acceptors (Lipinski definition) is 5. The normalized spacial score (nSPS) is 22.0. The van der Waals surface area contributed by atoms with Gasteiger partial charge in [-0.1, -0.05) is 0 Å². The Balaban J connectivity index is 1.48. The van der Waals surface area contributed by atoms with Crippen LogP contribution in [0.2, 0.25) is 0 Å². The lowest BCUT2D eigenvalue weighted by Gasteiger charge is -2.42. The molecule has 2 aliphatic heterocycles. The molecular weight excluding hydrogens is 346 g/mol. The van der Waals surface area contributed by atoms with E-state index in [0.717, 1.165) is 51.9 Å². The second-order valence-electron chi connectivity index (χ2n) is 7.48. The first-order valence-corrected chi connectivity index (χ1v) is 9.88. The van der Waals surface area contributed by atoms with Gasteiger partial charge in [0.2, 0.25) is 5.91 Å². The van der Waals surface area contributed by atoms with E-state index in [2.05, 4.69) is 15.3 Å². The predicted octanol–water partition coefficient (Wildman–Crippen LogP) is 0.499. The molecule has 150 valence electrons. The molecule has 2 saturated heterocycles. The lowest BCUT2D eigenvalue weighted by atomic mass is 9.93. The van der Waals surface area contributed by atoms with Gasteiger partial charge in [-0.3, -0.25) is 19.2 Å². The number of likely N-dealkylation sites (tertiary alicyclic amines) is 2. The van der Waals surface area contributed by atoms with Crippen LogP contribution < -0.4 is 5.32 Å². The highest BCUT2D eigenvalue weighted by molar-refractivity contribution is 5.92. The maximum absolute atomic E-state index is 12.6. The maximum Gasteiger partial charge on any atom is 0.272 e. The molecule has 8 nitrogen and oxygen atoms in total. The number of ether oxygens (including phenoxy) is 1. The molecule has 0 spiro atoms. The Hall–Kier alpha value is -1.93. The van der Waals surface area contributed by atoms with Crippen LogP contribution in [-0.4, -0.2) is 83.9 Å². The van der Waals surface area contributed by atoms with Crippen LogP contribution in [0.1, 0.15) is 36.2 Å². The maximum atomic E-state index is 12.6. The van der Waals surface area contributed by atoms with Crippen molar-refractivity contribution in [2.45, 2.75) is 31.7 Å². The lowest BCUT2D eigenvalue weighted by Crippen LogP contribution is -2.51. The highest BCUT2D eigenvalue weighted by Gasteiger charge is 2.33. The van der Waals surface area contributed by atoms with Gasteiger partial charge in [0, 0.05) is 52.6 Å². The Morgan fingerprint density at radius 1 is 1.26 bits per heavy atom. The van der Waals surface area contributed by atoms with Gasteiger partial charge in [0.1, 0.15) is 5.69 Å². The van der Waals surface area contributed by atoms with Crippen molar-refractivity contribution in [1.29, 1.82) is 0 Å². The molecule has 1 atom stereocenters. The van der Waals surface area contributed by atoms with Gasteiger partial charge in [0.15, 0.2) is 0 Å². The fourth-order valence-corrected chi connectivity index (χ4v) is 4.15. The summed E-state index contributed by atoms with van der Waals surface area (Å²) in [7, 11) is 3.44. The van der Waals surface area contributed by atoms with Crippen LogP contribution in [-0.2, 0) is 16.6 Å². The number of aryl methyl sites for hydroxylation is 1. The van der Waals surface area contributed by atoms with E-state index in [1.165, 1.54) is 0 Å². The third kappa shape index (κ3) is 4.87. The summed E-state index contributed by atoms with van der Waals surface area (Å²) < 4.78 is 6.63. The summed E-state index contributed by atoms with van der Waals surface area (Å²) in [6.07, 6.45) is 5.58. The number of carbonyl (C=O) groups is 2. The van der Waals surface area contributed by atoms with E-state index < -0.39 is 0 Å². The summed E-state index contributed by atoms with van der Waals surface area (Å²) in [4.78, 5) is 29.3. The quantitative estimate of drug-likeness (QED) is 0.731. The van der Waals surface area contributed by atoms with Crippen LogP contribution in [0.15, 0.2) is 12.3 Å². The zero-order valence-electron chi connectivity index (χ0n) is 16.4. The molecule has 2 fully saturated rings. The van der Waals surface area contributed by atoms with Gasteiger partial charge < -0.3 is 15.0 Å². The van der Waals surface area contributed by atoms with E-state index >= 15 is 0 Å². The van der Waals surface area contributed by atoms with Crippen LogP contribution in [0.3, 0.4) is 0 Å². The second-order valence-corrected chi connectivity index (χ2v) is 7.48. The Bertz CT molecular complexity index is 639. The number of piperidine rings is 2. The van der Waals surface area contributed by atoms with Gasteiger partial charge in [-0.2, -0.15) is 5.10 Å². The van der Waals surface area contributed by atoms with Crippen molar-refractivity contribution in [3.8, 4) is 0 Å². The third-order valence-corrected chi connectivity index (χ3v) is 5.74. The first kappa shape index (κ1) is 19.8. The van der Waals surface area contributed by atoms with Crippen LogP contribution in [0.5, 0.6) is 0 Å². The molecule has 1 aromatic rings. The summed E-state index contributed by atoms with van der Waals surface area (Å²) in [6.45, 7) is 4.50. The summed E-state index contributed by atoms with van der Waals surface area (Å²) >= 11 is 0. The fourth-order valence-electron chi connectivity index (χ4n) is 4.15. The van der Waals surface area contributed by atoms with Crippen molar-refractivity contribution >= 4 is 11.8 Å². The highest BCUT2D eigenvalue weighted by Crippen LogP contribution is 2.24. The van der Waals surface area contributed by atoms with Crippen molar-refractivity contribution in [2.75, 3.05) is 46.4 Å². The molecule has 0 saturated carbocycles. The molecule has 0 bridgehead atoms. The van der Waals surface area contributed by atoms with Gasteiger partial charge in [-0.25, -0.2) is 0 Å².